The van der Waals surface area contributed by atoms with Gasteiger partial charge in [-0.1, -0.05) is 32.9 Å². The van der Waals surface area contributed by atoms with Gasteiger partial charge in [0, 0.05) is 0 Å². The SMILES string of the molecule is CCc1cccc(OCCC(=O)NC(C(=O)O)C(C)C)c1. The summed E-state index contributed by atoms with van der Waals surface area (Å²) >= 11 is 0. The van der Waals surface area contributed by atoms with Gasteiger partial charge in [0.15, 0.2) is 0 Å². The van der Waals surface area contributed by atoms with Gasteiger partial charge >= 0.3 is 5.97 Å². The highest BCUT2D eigenvalue weighted by atomic mass is 16.5. The van der Waals surface area contributed by atoms with Crippen molar-refractivity contribution in [2.24, 2.45) is 5.92 Å². The van der Waals surface area contributed by atoms with Crippen LogP contribution in [0.2, 0.25) is 0 Å². The summed E-state index contributed by atoms with van der Waals surface area (Å²) in [5.74, 6) is -0.771. The number of aryl methyl sites for hydroxylation is 1. The molecule has 1 aromatic carbocycles. The fourth-order valence-electron chi connectivity index (χ4n) is 1.88. The molecule has 0 saturated carbocycles. The third-order valence-corrected chi connectivity index (χ3v) is 3.15. The Hall–Kier alpha value is -2.04. The zero-order valence-corrected chi connectivity index (χ0v) is 12.8. The molecule has 1 aromatic rings. The lowest BCUT2D eigenvalue weighted by Gasteiger charge is -2.17. The number of rotatable bonds is 8. The fourth-order valence-corrected chi connectivity index (χ4v) is 1.88. The molecule has 0 spiro atoms. The molecule has 0 fully saturated rings. The topological polar surface area (TPSA) is 75.6 Å². The van der Waals surface area contributed by atoms with Crippen LogP contribution in [0.15, 0.2) is 24.3 Å². The van der Waals surface area contributed by atoms with Crippen molar-refractivity contribution in [3.8, 4) is 5.75 Å². The molecule has 1 rings (SSSR count). The normalized spacial score (nSPS) is 12.0. The predicted molar refractivity (Wildman–Crippen MR) is 80.3 cm³/mol. The van der Waals surface area contributed by atoms with E-state index in [2.05, 4.69) is 12.2 Å². The smallest absolute Gasteiger partial charge is 0.326 e. The van der Waals surface area contributed by atoms with Crippen molar-refractivity contribution in [2.75, 3.05) is 6.61 Å². The van der Waals surface area contributed by atoms with Gasteiger partial charge in [-0.25, -0.2) is 4.79 Å². The third-order valence-electron chi connectivity index (χ3n) is 3.15. The van der Waals surface area contributed by atoms with Gasteiger partial charge in [0.25, 0.3) is 0 Å². The molecule has 1 amide bonds. The Labute approximate surface area is 125 Å². The minimum Gasteiger partial charge on any atom is -0.493 e. The summed E-state index contributed by atoms with van der Waals surface area (Å²) in [6, 6.07) is 6.84. The van der Waals surface area contributed by atoms with Crippen LogP contribution >= 0.6 is 0 Å². The van der Waals surface area contributed by atoms with Gasteiger partial charge in [-0.2, -0.15) is 0 Å². The standard InChI is InChI=1S/C16H23NO4/c1-4-12-6-5-7-13(10-12)21-9-8-14(18)17-15(11(2)3)16(19)20/h5-7,10-11,15H,4,8-9H2,1-3H3,(H,17,18)(H,19,20). The number of carboxylic acids is 1. The van der Waals surface area contributed by atoms with Gasteiger partial charge in [0.1, 0.15) is 11.8 Å². The number of carbonyl (C=O) groups is 2. The van der Waals surface area contributed by atoms with Crippen molar-refractivity contribution in [2.45, 2.75) is 39.7 Å². The van der Waals surface area contributed by atoms with Gasteiger partial charge in [-0.3, -0.25) is 4.79 Å². The minimum atomic E-state index is -1.02. The first-order chi connectivity index (χ1) is 9.93. The highest BCUT2D eigenvalue weighted by Crippen LogP contribution is 2.13. The Balaban J connectivity index is 2.41. The zero-order chi connectivity index (χ0) is 15.8. The molecule has 0 aromatic heterocycles. The lowest BCUT2D eigenvalue weighted by molar-refractivity contribution is -0.143. The number of amides is 1. The number of ether oxygens (including phenoxy) is 1. The molecular weight excluding hydrogens is 270 g/mol. The van der Waals surface area contributed by atoms with Crippen molar-refractivity contribution < 1.29 is 19.4 Å². The Morgan fingerprint density at radius 1 is 1.33 bits per heavy atom. The average Bonchev–Trinajstić information content (AvgIpc) is 2.44. The molecule has 1 atom stereocenters. The highest BCUT2D eigenvalue weighted by molar-refractivity contribution is 5.83. The molecule has 0 radical (unpaired) electrons. The summed E-state index contributed by atoms with van der Waals surface area (Å²) in [4.78, 5) is 22.7. The van der Waals surface area contributed by atoms with E-state index in [0.29, 0.717) is 0 Å². The Morgan fingerprint density at radius 3 is 2.62 bits per heavy atom. The number of aliphatic carboxylic acids is 1. The number of nitrogens with one attached hydrogen (secondary N) is 1. The third kappa shape index (κ3) is 5.85. The van der Waals surface area contributed by atoms with Crippen molar-refractivity contribution in [1.82, 2.24) is 5.32 Å². The van der Waals surface area contributed by atoms with Crippen molar-refractivity contribution in [3.63, 3.8) is 0 Å². The first-order valence-electron chi connectivity index (χ1n) is 7.18. The second-order valence-corrected chi connectivity index (χ2v) is 5.23. The van der Waals surface area contributed by atoms with Crippen LogP contribution in [0.25, 0.3) is 0 Å². The van der Waals surface area contributed by atoms with E-state index in [1.807, 2.05) is 24.3 Å². The molecule has 21 heavy (non-hydrogen) atoms. The number of carbonyl (C=O) groups excluding carboxylic acids is 1. The highest BCUT2D eigenvalue weighted by Gasteiger charge is 2.23. The molecule has 0 saturated heterocycles. The van der Waals surface area contributed by atoms with Gasteiger partial charge in [-0.05, 0) is 30.0 Å². The molecule has 5 nitrogen and oxygen atoms in total. The zero-order valence-electron chi connectivity index (χ0n) is 12.8. The Kier molecular flexibility index (Phi) is 6.72. The summed E-state index contributed by atoms with van der Waals surface area (Å²) < 4.78 is 5.51. The largest absolute Gasteiger partial charge is 0.493 e. The van der Waals surface area contributed by atoms with E-state index in [4.69, 9.17) is 9.84 Å². The second kappa shape index (κ2) is 8.29. The quantitative estimate of drug-likeness (QED) is 0.770. The maximum absolute atomic E-state index is 11.7. The van der Waals surface area contributed by atoms with Crippen LogP contribution in [0, 0.1) is 5.92 Å². The van der Waals surface area contributed by atoms with E-state index in [1.54, 1.807) is 13.8 Å². The molecule has 2 N–H and O–H groups in total. The van der Waals surface area contributed by atoms with E-state index in [0.717, 1.165) is 12.2 Å². The second-order valence-electron chi connectivity index (χ2n) is 5.23. The van der Waals surface area contributed by atoms with E-state index in [9.17, 15) is 9.59 Å². The molecule has 0 aliphatic rings. The lowest BCUT2D eigenvalue weighted by atomic mass is 10.0. The molecular formula is C16H23NO4. The van der Waals surface area contributed by atoms with E-state index < -0.39 is 12.0 Å². The summed E-state index contributed by atoms with van der Waals surface area (Å²) in [6.07, 6.45) is 1.05. The van der Waals surface area contributed by atoms with E-state index in [1.165, 1.54) is 5.56 Å². The summed E-state index contributed by atoms with van der Waals surface area (Å²) in [6.45, 7) is 5.80. The van der Waals surface area contributed by atoms with Gasteiger partial charge in [-0.15, -0.1) is 0 Å². The average molecular weight is 293 g/mol. The molecule has 0 bridgehead atoms. The van der Waals surface area contributed by atoms with Crippen molar-refractivity contribution >= 4 is 11.9 Å². The summed E-state index contributed by atoms with van der Waals surface area (Å²) in [5.41, 5.74) is 1.17. The Morgan fingerprint density at radius 2 is 2.05 bits per heavy atom. The molecule has 116 valence electrons. The van der Waals surface area contributed by atoms with E-state index >= 15 is 0 Å². The maximum atomic E-state index is 11.7. The van der Waals surface area contributed by atoms with Crippen LogP contribution in [0.1, 0.15) is 32.8 Å². The maximum Gasteiger partial charge on any atom is 0.326 e. The van der Waals surface area contributed by atoms with Crippen molar-refractivity contribution in [1.29, 1.82) is 0 Å². The van der Waals surface area contributed by atoms with Crippen LogP contribution in [0.5, 0.6) is 5.75 Å². The fraction of sp³-hybridized carbons (Fsp3) is 0.500. The molecule has 0 heterocycles. The van der Waals surface area contributed by atoms with Gasteiger partial charge in [0.05, 0.1) is 13.0 Å². The number of hydrogen-bond acceptors (Lipinski definition) is 3. The van der Waals surface area contributed by atoms with Gasteiger partial charge < -0.3 is 15.2 Å². The summed E-state index contributed by atoms with van der Waals surface area (Å²) in [5, 5.41) is 11.5. The number of hydrogen-bond donors (Lipinski definition) is 2. The molecule has 5 heteroatoms. The van der Waals surface area contributed by atoms with Crippen LogP contribution < -0.4 is 10.1 Å². The van der Waals surface area contributed by atoms with Crippen LogP contribution in [0.3, 0.4) is 0 Å². The van der Waals surface area contributed by atoms with Gasteiger partial charge in [0.2, 0.25) is 5.91 Å². The van der Waals surface area contributed by atoms with Crippen LogP contribution in [-0.2, 0) is 16.0 Å². The molecule has 0 aliphatic heterocycles. The summed E-state index contributed by atoms with van der Waals surface area (Å²) in [7, 11) is 0. The molecule has 1 unspecified atom stereocenters. The monoisotopic (exact) mass is 293 g/mol. The predicted octanol–water partition coefficient (Wildman–Crippen LogP) is 2.24. The first-order valence-corrected chi connectivity index (χ1v) is 7.18. The first kappa shape index (κ1) is 17.0. The van der Waals surface area contributed by atoms with E-state index in [-0.39, 0.29) is 24.9 Å². The lowest BCUT2D eigenvalue weighted by Crippen LogP contribution is -2.44. The number of benzene rings is 1. The van der Waals surface area contributed by atoms with Crippen LogP contribution in [-0.4, -0.2) is 29.6 Å². The number of carboxylic acid groups (broad SMARTS) is 1. The van der Waals surface area contributed by atoms with Crippen LogP contribution in [0.4, 0.5) is 0 Å². The minimum absolute atomic E-state index is 0.132. The van der Waals surface area contributed by atoms with Crippen molar-refractivity contribution in [3.05, 3.63) is 29.8 Å². The molecule has 0 aliphatic carbocycles. The Bertz CT molecular complexity index is 485.